The van der Waals surface area contributed by atoms with Crippen molar-refractivity contribution in [2.24, 2.45) is 5.73 Å². The Labute approximate surface area is 156 Å². The van der Waals surface area contributed by atoms with Crippen molar-refractivity contribution in [1.29, 1.82) is 0 Å². The molecule has 0 radical (unpaired) electrons. The summed E-state index contributed by atoms with van der Waals surface area (Å²) in [6.45, 7) is 0. The standard InChI is InChI=1S/C18H19N5O3S/c19-17(10-15-11-20-12-21-15)18(24)22-23-27(25,26)16-8-6-14(7-9-16)13-4-2-1-3-5-13/h1-9,11-12,17,23H,10,19H2,(H,20,21)(H,22,24)/t17-/m0/s1. The summed E-state index contributed by atoms with van der Waals surface area (Å²) in [6.07, 6.45) is 3.23. The van der Waals surface area contributed by atoms with Crippen molar-refractivity contribution in [3.63, 3.8) is 0 Å². The highest BCUT2D eigenvalue weighted by Gasteiger charge is 2.19. The van der Waals surface area contributed by atoms with Crippen LogP contribution < -0.4 is 16.0 Å². The monoisotopic (exact) mass is 385 g/mol. The number of amides is 1. The number of sulfonamides is 1. The number of nitrogens with one attached hydrogen (secondary N) is 3. The lowest BCUT2D eigenvalue weighted by molar-refractivity contribution is -0.122. The molecule has 1 atom stereocenters. The molecule has 0 aliphatic rings. The second-order valence-electron chi connectivity index (χ2n) is 5.87. The highest BCUT2D eigenvalue weighted by molar-refractivity contribution is 7.89. The van der Waals surface area contributed by atoms with Gasteiger partial charge in [-0.2, -0.15) is 0 Å². The zero-order chi connectivity index (χ0) is 19.3. The van der Waals surface area contributed by atoms with Crippen LogP contribution in [0.4, 0.5) is 0 Å². The van der Waals surface area contributed by atoms with Gasteiger partial charge in [-0.15, -0.1) is 4.83 Å². The molecule has 0 unspecified atom stereocenters. The van der Waals surface area contributed by atoms with Gasteiger partial charge in [0.05, 0.1) is 17.3 Å². The Bertz CT molecular complexity index is 987. The quantitative estimate of drug-likeness (QED) is 0.450. The topological polar surface area (TPSA) is 130 Å². The van der Waals surface area contributed by atoms with E-state index in [2.05, 4.69) is 20.2 Å². The summed E-state index contributed by atoms with van der Waals surface area (Å²) in [5.74, 6) is -0.644. The fourth-order valence-corrected chi connectivity index (χ4v) is 3.30. The number of carbonyl (C=O) groups is 1. The van der Waals surface area contributed by atoms with E-state index in [9.17, 15) is 13.2 Å². The number of benzene rings is 2. The summed E-state index contributed by atoms with van der Waals surface area (Å²) in [5, 5.41) is 0. The van der Waals surface area contributed by atoms with Gasteiger partial charge in [0.25, 0.3) is 15.9 Å². The van der Waals surface area contributed by atoms with Gasteiger partial charge in [-0.1, -0.05) is 42.5 Å². The molecular formula is C18H19N5O3S. The van der Waals surface area contributed by atoms with Crippen molar-refractivity contribution >= 4 is 15.9 Å². The Morgan fingerprint density at radius 2 is 1.74 bits per heavy atom. The number of hydrogen-bond donors (Lipinski definition) is 4. The Kier molecular flexibility index (Phi) is 5.65. The molecule has 27 heavy (non-hydrogen) atoms. The number of H-pyrrole nitrogens is 1. The molecule has 9 heteroatoms. The van der Waals surface area contributed by atoms with Gasteiger partial charge in [-0.25, -0.2) is 13.4 Å². The lowest BCUT2D eigenvalue weighted by Gasteiger charge is -2.13. The SMILES string of the molecule is N[C@@H](Cc1cnc[nH]1)C(=O)NNS(=O)(=O)c1ccc(-c2ccccc2)cc1. The van der Waals surface area contributed by atoms with E-state index in [1.165, 1.54) is 18.5 Å². The normalized spacial score (nSPS) is 12.5. The predicted octanol–water partition coefficient (Wildman–Crippen LogP) is 0.956. The smallest absolute Gasteiger partial charge is 0.257 e. The Morgan fingerprint density at radius 3 is 2.37 bits per heavy atom. The van der Waals surface area contributed by atoms with Crippen molar-refractivity contribution in [2.75, 3.05) is 0 Å². The van der Waals surface area contributed by atoms with E-state index >= 15 is 0 Å². The first-order valence-electron chi connectivity index (χ1n) is 8.16. The third-order valence-corrected chi connectivity index (χ3v) is 5.18. The zero-order valence-electron chi connectivity index (χ0n) is 14.3. The number of nitrogens with two attached hydrogens (primary N) is 1. The first kappa shape index (κ1) is 18.8. The van der Waals surface area contributed by atoms with Gasteiger partial charge in [0, 0.05) is 18.3 Å². The summed E-state index contributed by atoms with van der Waals surface area (Å²) in [5.41, 5.74) is 10.5. The number of nitrogens with zero attached hydrogens (tertiary/aromatic N) is 1. The molecule has 140 valence electrons. The van der Waals surface area contributed by atoms with Crippen molar-refractivity contribution in [3.05, 3.63) is 72.8 Å². The average molecular weight is 385 g/mol. The largest absolute Gasteiger partial charge is 0.348 e. The molecule has 0 spiro atoms. The molecule has 0 aliphatic carbocycles. The van der Waals surface area contributed by atoms with Crippen LogP contribution in [0, 0.1) is 0 Å². The van der Waals surface area contributed by atoms with Gasteiger partial charge in [-0.05, 0) is 23.3 Å². The van der Waals surface area contributed by atoms with E-state index in [-0.39, 0.29) is 11.3 Å². The van der Waals surface area contributed by atoms with Crippen LogP contribution in [0.2, 0.25) is 0 Å². The highest BCUT2D eigenvalue weighted by Crippen LogP contribution is 2.20. The van der Waals surface area contributed by atoms with E-state index in [4.69, 9.17) is 5.73 Å². The maximum Gasteiger partial charge on any atom is 0.257 e. The number of hydrogen-bond acceptors (Lipinski definition) is 5. The van der Waals surface area contributed by atoms with E-state index < -0.39 is 22.0 Å². The molecule has 2 aromatic carbocycles. The third-order valence-electron chi connectivity index (χ3n) is 3.91. The van der Waals surface area contributed by atoms with E-state index in [0.29, 0.717) is 5.69 Å². The Hall–Kier alpha value is -3.01. The van der Waals surface area contributed by atoms with Gasteiger partial charge >= 0.3 is 0 Å². The molecule has 0 bridgehead atoms. The number of aromatic amines is 1. The van der Waals surface area contributed by atoms with Crippen LogP contribution in [-0.4, -0.2) is 30.3 Å². The summed E-state index contributed by atoms with van der Waals surface area (Å²) >= 11 is 0. The number of rotatable bonds is 7. The van der Waals surface area contributed by atoms with Crippen LogP contribution in [-0.2, 0) is 21.2 Å². The minimum atomic E-state index is -3.91. The van der Waals surface area contributed by atoms with Crippen LogP contribution >= 0.6 is 0 Å². The van der Waals surface area contributed by atoms with Crippen molar-refractivity contribution in [2.45, 2.75) is 17.4 Å². The molecule has 0 saturated carbocycles. The Balaban J connectivity index is 1.61. The number of hydrazine groups is 1. The number of aromatic nitrogens is 2. The summed E-state index contributed by atoms with van der Waals surface area (Å²) in [4.78, 5) is 20.7. The van der Waals surface area contributed by atoms with E-state index in [0.717, 1.165) is 11.1 Å². The van der Waals surface area contributed by atoms with Crippen LogP contribution in [0.3, 0.4) is 0 Å². The average Bonchev–Trinajstić information content (AvgIpc) is 3.20. The third kappa shape index (κ3) is 4.79. The molecule has 5 N–H and O–H groups in total. The summed E-state index contributed by atoms with van der Waals surface area (Å²) < 4.78 is 24.7. The first-order valence-corrected chi connectivity index (χ1v) is 9.64. The molecule has 8 nitrogen and oxygen atoms in total. The van der Waals surface area contributed by atoms with Crippen LogP contribution in [0.25, 0.3) is 11.1 Å². The maximum atomic E-state index is 12.3. The summed E-state index contributed by atoms with van der Waals surface area (Å²) in [7, 11) is -3.91. The van der Waals surface area contributed by atoms with E-state index in [1.807, 2.05) is 30.3 Å². The number of imidazole rings is 1. The maximum absolute atomic E-state index is 12.3. The van der Waals surface area contributed by atoms with Gasteiger partial charge in [0.15, 0.2) is 0 Å². The zero-order valence-corrected chi connectivity index (χ0v) is 15.1. The summed E-state index contributed by atoms with van der Waals surface area (Å²) in [6, 6.07) is 15.0. The molecule has 1 amide bonds. The van der Waals surface area contributed by atoms with Gasteiger partial charge in [0.1, 0.15) is 0 Å². The molecule has 3 rings (SSSR count). The highest BCUT2D eigenvalue weighted by atomic mass is 32.2. The molecule has 0 aliphatic heterocycles. The van der Waals surface area contributed by atoms with Gasteiger partial charge < -0.3 is 10.7 Å². The van der Waals surface area contributed by atoms with E-state index in [1.54, 1.807) is 18.3 Å². The second kappa shape index (κ2) is 8.12. The van der Waals surface area contributed by atoms with Crippen LogP contribution in [0.15, 0.2) is 72.0 Å². The van der Waals surface area contributed by atoms with Gasteiger partial charge in [0.2, 0.25) is 0 Å². The molecule has 1 aromatic heterocycles. The molecule has 1 heterocycles. The Morgan fingerprint density at radius 1 is 1.07 bits per heavy atom. The molecular weight excluding hydrogens is 366 g/mol. The first-order chi connectivity index (χ1) is 13.0. The van der Waals surface area contributed by atoms with Crippen molar-refractivity contribution in [3.8, 4) is 11.1 Å². The number of carbonyl (C=O) groups excluding carboxylic acids is 1. The van der Waals surface area contributed by atoms with Gasteiger partial charge in [-0.3, -0.25) is 10.2 Å². The lowest BCUT2D eigenvalue weighted by Crippen LogP contribution is -2.49. The predicted molar refractivity (Wildman–Crippen MR) is 101 cm³/mol. The minimum Gasteiger partial charge on any atom is -0.348 e. The van der Waals surface area contributed by atoms with Crippen LogP contribution in [0.5, 0.6) is 0 Å². The fraction of sp³-hybridized carbons (Fsp3) is 0.111. The molecule has 3 aromatic rings. The van der Waals surface area contributed by atoms with Crippen molar-refractivity contribution < 1.29 is 13.2 Å². The lowest BCUT2D eigenvalue weighted by atomic mass is 10.1. The van der Waals surface area contributed by atoms with Crippen molar-refractivity contribution in [1.82, 2.24) is 20.2 Å². The second-order valence-corrected chi connectivity index (χ2v) is 7.56. The van der Waals surface area contributed by atoms with Crippen LogP contribution in [0.1, 0.15) is 5.69 Å². The molecule has 0 fully saturated rings. The fourth-order valence-electron chi connectivity index (χ4n) is 2.45. The minimum absolute atomic E-state index is 0.0321. The molecule has 0 saturated heterocycles.